The first kappa shape index (κ1) is 5.70. The summed E-state index contributed by atoms with van der Waals surface area (Å²) in [5.74, 6) is 0.837. The molecular formula is C5H9BO2. The highest BCUT2D eigenvalue weighted by molar-refractivity contribution is 6.18. The molecule has 0 aliphatic carbocycles. The number of rotatable bonds is 0. The lowest BCUT2D eigenvalue weighted by molar-refractivity contribution is 0.137. The van der Waals surface area contributed by atoms with Crippen molar-refractivity contribution >= 4 is 7.69 Å². The predicted octanol–water partition coefficient (Wildman–Crippen LogP) is 0.592. The molecule has 1 saturated heterocycles. The summed E-state index contributed by atoms with van der Waals surface area (Å²) < 4.78 is 10.00. The van der Waals surface area contributed by atoms with Gasteiger partial charge in [-0.2, -0.15) is 0 Å². The molecule has 1 heterocycles. The van der Waals surface area contributed by atoms with Gasteiger partial charge in [0.2, 0.25) is 0 Å². The average molecular weight is 112 g/mol. The lowest BCUT2D eigenvalue weighted by Gasteiger charge is -2.20. The summed E-state index contributed by atoms with van der Waals surface area (Å²) in [4.78, 5) is 0. The quantitative estimate of drug-likeness (QED) is 0.427. The second-order valence-corrected chi connectivity index (χ2v) is 1.98. The van der Waals surface area contributed by atoms with E-state index in [4.69, 9.17) is 9.31 Å². The van der Waals surface area contributed by atoms with Crippen LogP contribution in [0.15, 0.2) is 12.3 Å². The Kier molecular flexibility index (Phi) is 1.58. The maximum absolute atomic E-state index is 5.07. The van der Waals surface area contributed by atoms with Crippen molar-refractivity contribution in [3.8, 4) is 0 Å². The lowest BCUT2D eigenvalue weighted by Crippen LogP contribution is -2.21. The molecule has 1 aliphatic heterocycles. The van der Waals surface area contributed by atoms with Gasteiger partial charge < -0.3 is 9.31 Å². The zero-order valence-corrected chi connectivity index (χ0v) is 5.02. The molecule has 1 unspecified atom stereocenters. The highest BCUT2D eigenvalue weighted by Crippen LogP contribution is 2.11. The lowest BCUT2D eigenvalue weighted by atomic mass is 10.2. The molecule has 0 bridgehead atoms. The minimum Gasteiger partial charge on any atom is -0.542 e. The minimum absolute atomic E-state index is 0.288. The maximum Gasteiger partial charge on any atom is 0.506 e. The van der Waals surface area contributed by atoms with E-state index in [2.05, 4.69) is 6.58 Å². The van der Waals surface area contributed by atoms with Gasteiger partial charge in [-0.05, 0) is 6.92 Å². The van der Waals surface area contributed by atoms with E-state index in [9.17, 15) is 0 Å². The molecule has 44 valence electrons. The molecule has 2 nitrogen and oxygen atoms in total. The Morgan fingerprint density at radius 1 is 1.88 bits per heavy atom. The zero-order chi connectivity index (χ0) is 5.98. The van der Waals surface area contributed by atoms with Crippen molar-refractivity contribution < 1.29 is 9.31 Å². The van der Waals surface area contributed by atoms with E-state index in [-0.39, 0.29) is 6.10 Å². The third-order valence-electron chi connectivity index (χ3n) is 1.13. The molecule has 0 N–H and O–H groups in total. The van der Waals surface area contributed by atoms with Crippen LogP contribution in [-0.4, -0.2) is 13.8 Å². The van der Waals surface area contributed by atoms with Gasteiger partial charge in [0.25, 0.3) is 0 Å². The van der Waals surface area contributed by atoms with E-state index < -0.39 is 0 Å². The van der Waals surface area contributed by atoms with Crippen LogP contribution in [0.4, 0.5) is 0 Å². The highest BCUT2D eigenvalue weighted by Gasteiger charge is 2.12. The van der Waals surface area contributed by atoms with Crippen LogP contribution in [0, 0.1) is 0 Å². The SMILES string of the molecule is C=C1CC(C)OBO1. The Morgan fingerprint density at radius 3 is 3.00 bits per heavy atom. The highest BCUT2D eigenvalue weighted by atomic mass is 16.6. The van der Waals surface area contributed by atoms with Crippen LogP contribution in [0.1, 0.15) is 13.3 Å². The molecule has 1 rings (SSSR count). The standard InChI is InChI=1S/C5H9BO2/c1-4-3-5(2)8-6-7-4/h5-6H,1,3H2,2H3. The topological polar surface area (TPSA) is 18.5 Å². The first-order valence-electron chi connectivity index (χ1n) is 2.71. The van der Waals surface area contributed by atoms with Crippen LogP contribution >= 0.6 is 0 Å². The van der Waals surface area contributed by atoms with Crippen molar-refractivity contribution in [2.45, 2.75) is 19.4 Å². The van der Waals surface area contributed by atoms with Crippen molar-refractivity contribution in [3.05, 3.63) is 12.3 Å². The number of hydrogen-bond acceptors (Lipinski definition) is 2. The fraction of sp³-hybridized carbons (Fsp3) is 0.600. The van der Waals surface area contributed by atoms with Crippen LogP contribution in [-0.2, 0) is 9.31 Å². The summed E-state index contributed by atoms with van der Waals surface area (Å²) in [7, 11) is 0.375. The Hall–Kier alpha value is -0.435. The molecule has 0 amide bonds. The monoisotopic (exact) mass is 112 g/mol. The molecule has 0 saturated carbocycles. The molecule has 0 spiro atoms. The molecule has 8 heavy (non-hydrogen) atoms. The molecule has 0 aromatic heterocycles. The second-order valence-electron chi connectivity index (χ2n) is 1.98. The average Bonchev–Trinajstić information content (AvgIpc) is 1.64. The summed E-state index contributed by atoms with van der Waals surface area (Å²) in [6.07, 6.45) is 1.12. The van der Waals surface area contributed by atoms with Gasteiger partial charge in [-0.15, -0.1) is 0 Å². The Morgan fingerprint density at radius 2 is 2.62 bits per heavy atom. The molecule has 1 aliphatic rings. The van der Waals surface area contributed by atoms with Gasteiger partial charge in [0.1, 0.15) is 0 Å². The van der Waals surface area contributed by atoms with Gasteiger partial charge in [0, 0.05) is 12.5 Å². The van der Waals surface area contributed by atoms with Gasteiger partial charge in [-0.3, -0.25) is 0 Å². The molecule has 0 aromatic rings. The Balaban J connectivity index is 2.34. The van der Waals surface area contributed by atoms with Gasteiger partial charge in [-0.25, -0.2) is 0 Å². The van der Waals surface area contributed by atoms with Crippen molar-refractivity contribution in [2.24, 2.45) is 0 Å². The van der Waals surface area contributed by atoms with Crippen molar-refractivity contribution in [3.63, 3.8) is 0 Å². The van der Waals surface area contributed by atoms with Crippen LogP contribution in [0.3, 0.4) is 0 Å². The molecule has 1 fully saturated rings. The van der Waals surface area contributed by atoms with E-state index >= 15 is 0 Å². The normalized spacial score (nSPS) is 28.6. The van der Waals surface area contributed by atoms with Crippen LogP contribution < -0.4 is 0 Å². The van der Waals surface area contributed by atoms with Crippen LogP contribution in [0.25, 0.3) is 0 Å². The summed E-state index contributed by atoms with van der Waals surface area (Å²) >= 11 is 0. The molecule has 0 radical (unpaired) electrons. The minimum atomic E-state index is 0.288. The third kappa shape index (κ3) is 1.27. The van der Waals surface area contributed by atoms with Gasteiger partial charge in [0.05, 0.1) is 5.76 Å². The van der Waals surface area contributed by atoms with E-state index in [1.165, 1.54) is 0 Å². The molecule has 3 heteroatoms. The zero-order valence-electron chi connectivity index (χ0n) is 5.02. The van der Waals surface area contributed by atoms with Crippen LogP contribution in [0.2, 0.25) is 0 Å². The Labute approximate surface area is 49.8 Å². The fourth-order valence-electron chi connectivity index (χ4n) is 0.672. The van der Waals surface area contributed by atoms with E-state index in [1.54, 1.807) is 0 Å². The maximum atomic E-state index is 5.07. The molecule has 0 aromatic carbocycles. The van der Waals surface area contributed by atoms with Gasteiger partial charge >= 0.3 is 7.69 Å². The smallest absolute Gasteiger partial charge is 0.506 e. The van der Waals surface area contributed by atoms with Crippen molar-refractivity contribution in [1.82, 2.24) is 0 Å². The fourth-order valence-corrected chi connectivity index (χ4v) is 0.672. The van der Waals surface area contributed by atoms with E-state index in [0.717, 1.165) is 12.2 Å². The predicted molar refractivity (Wildman–Crippen MR) is 32.5 cm³/mol. The van der Waals surface area contributed by atoms with Crippen molar-refractivity contribution in [1.29, 1.82) is 0 Å². The Bertz CT molecular complexity index is 103. The van der Waals surface area contributed by atoms with Gasteiger partial charge in [0.15, 0.2) is 0 Å². The van der Waals surface area contributed by atoms with Crippen molar-refractivity contribution in [2.75, 3.05) is 0 Å². The van der Waals surface area contributed by atoms with E-state index in [0.29, 0.717) is 7.69 Å². The second kappa shape index (κ2) is 2.22. The largest absolute Gasteiger partial charge is 0.542 e. The third-order valence-corrected chi connectivity index (χ3v) is 1.13. The molecule has 1 atom stereocenters. The summed E-state index contributed by atoms with van der Waals surface area (Å²) in [6.45, 7) is 5.67. The van der Waals surface area contributed by atoms with Crippen LogP contribution in [0.5, 0.6) is 0 Å². The summed E-state index contributed by atoms with van der Waals surface area (Å²) in [5, 5.41) is 0. The first-order valence-corrected chi connectivity index (χ1v) is 2.71. The first-order chi connectivity index (χ1) is 3.79. The summed E-state index contributed by atoms with van der Waals surface area (Å²) in [5.41, 5.74) is 0. The number of hydrogen-bond donors (Lipinski definition) is 0. The van der Waals surface area contributed by atoms with Gasteiger partial charge in [-0.1, -0.05) is 6.58 Å². The molecular weight excluding hydrogens is 103 g/mol. The van der Waals surface area contributed by atoms with E-state index in [1.807, 2.05) is 6.92 Å². The summed E-state index contributed by atoms with van der Waals surface area (Å²) in [6, 6.07) is 0.